The molecule has 3 nitrogen and oxygen atoms in total. The van der Waals surface area contributed by atoms with Gasteiger partial charge in [-0.15, -0.1) is 0 Å². The molecule has 128 valence electrons. The van der Waals surface area contributed by atoms with Gasteiger partial charge in [-0.1, -0.05) is 17.7 Å². The maximum absolute atomic E-state index is 13.9. The Morgan fingerprint density at radius 3 is 2.83 bits per heavy atom. The fraction of sp³-hybridized carbons (Fsp3) is 0.684. The molecule has 23 heavy (non-hydrogen) atoms. The lowest BCUT2D eigenvalue weighted by atomic mass is 9.90. The van der Waals surface area contributed by atoms with Crippen molar-refractivity contribution in [2.45, 2.75) is 45.3 Å². The minimum Gasteiger partial charge on any atom is -0.376 e. The van der Waals surface area contributed by atoms with Crippen LogP contribution in [-0.4, -0.2) is 43.8 Å². The van der Waals surface area contributed by atoms with Crippen LogP contribution in [0.4, 0.5) is 4.39 Å². The Kier molecular flexibility index (Phi) is 6.03. The van der Waals surface area contributed by atoms with Crippen molar-refractivity contribution in [2.24, 2.45) is 5.92 Å². The highest BCUT2D eigenvalue weighted by Gasteiger charge is 2.22. The predicted octanol–water partition coefficient (Wildman–Crippen LogP) is 3.11. The van der Waals surface area contributed by atoms with Crippen molar-refractivity contribution in [3.63, 3.8) is 0 Å². The van der Waals surface area contributed by atoms with Gasteiger partial charge in [-0.2, -0.15) is 0 Å². The minimum atomic E-state index is -0.0697. The molecule has 0 saturated carbocycles. The van der Waals surface area contributed by atoms with E-state index in [4.69, 9.17) is 4.74 Å². The van der Waals surface area contributed by atoms with Crippen LogP contribution in [0, 0.1) is 18.7 Å². The molecule has 2 heterocycles. The third-order valence-electron chi connectivity index (χ3n) is 5.20. The molecule has 0 bridgehead atoms. The average molecular weight is 320 g/mol. The van der Waals surface area contributed by atoms with Gasteiger partial charge in [-0.05, 0) is 57.7 Å². The van der Waals surface area contributed by atoms with E-state index in [-0.39, 0.29) is 5.82 Å². The van der Waals surface area contributed by atoms with Crippen LogP contribution in [0.3, 0.4) is 0 Å². The molecule has 0 amide bonds. The quantitative estimate of drug-likeness (QED) is 0.902. The van der Waals surface area contributed by atoms with Gasteiger partial charge in [-0.25, -0.2) is 4.39 Å². The van der Waals surface area contributed by atoms with Gasteiger partial charge in [0, 0.05) is 25.2 Å². The number of benzene rings is 1. The summed E-state index contributed by atoms with van der Waals surface area (Å²) in [6.07, 6.45) is 5.30. The zero-order valence-electron chi connectivity index (χ0n) is 14.2. The Morgan fingerprint density at radius 2 is 2.09 bits per heavy atom. The van der Waals surface area contributed by atoms with Crippen molar-refractivity contribution < 1.29 is 9.13 Å². The van der Waals surface area contributed by atoms with Gasteiger partial charge in [0.1, 0.15) is 5.82 Å². The van der Waals surface area contributed by atoms with Crippen molar-refractivity contribution >= 4 is 0 Å². The summed E-state index contributed by atoms with van der Waals surface area (Å²) < 4.78 is 19.7. The van der Waals surface area contributed by atoms with Gasteiger partial charge in [-0.3, -0.25) is 4.90 Å². The zero-order chi connectivity index (χ0) is 16.1. The van der Waals surface area contributed by atoms with Gasteiger partial charge in [0.25, 0.3) is 0 Å². The second-order valence-corrected chi connectivity index (χ2v) is 7.09. The Balaban J connectivity index is 1.40. The summed E-state index contributed by atoms with van der Waals surface area (Å²) >= 11 is 0. The van der Waals surface area contributed by atoms with E-state index in [0.29, 0.717) is 6.10 Å². The molecule has 1 N–H and O–H groups in total. The molecule has 2 aliphatic heterocycles. The summed E-state index contributed by atoms with van der Waals surface area (Å²) in [6.45, 7) is 7.79. The van der Waals surface area contributed by atoms with Crippen LogP contribution in [0.2, 0.25) is 0 Å². The SMILES string of the molecule is Cc1ccc(F)c(CN2CCC(CCC3CNCCO3)CC2)c1. The highest BCUT2D eigenvalue weighted by molar-refractivity contribution is 5.24. The van der Waals surface area contributed by atoms with Crippen LogP contribution in [0.25, 0.3) is 0 Å². The maximum atomic E-state index is 13.9. The van der Waals surface area contributed by atoms with Gasteiger partial charge in [0.05, 0.1) is 12.7 Å². The first-order valence-electron chi connectivity index (χ1n) is 9.00. The number of ether oxygens (including phenoxy) is 1. The third-order valence-corrected chi connectivity index (χ3v) is 5.20. The van der Waals surface area contributed by atoms with Crippen LogP contribution in [-0.2, 0) is 11.3 Å². The van der Waals surface area contributed by atoms with E-state index in [9.17, 15) is 4.39 Å². The van der Waals surface area contributed by atoms with Gasteiger partial charge < -0.3 is 10.1 Å². The number of nitrogens with zero attached hydrogens (tertiary/aromatic N) is 1. The summed E-state index contributed by atoms with van der Waals surface area (Å²) in [5, 5.41) is 3.40. The fourth-order valence-electron chi connectivity index (χ4n) is 3.73. The van der Waals surface area contributed by atoms with Crippen molar-refractivity contribution in [1.82, 2.24) is 10.2 Å². The Hall–Kier alpha value is -0.970. The molecular weight excluding hydrogens is 291 g/mol. The standard InChI is InChI=1S/C19H29FN2O/c1-15-2-5-19(20)17(12-15)14-22-9-6-16(7-10-22)3-4-18-13-21-8-11-23-18/h2,5,12,16,18,21H,3-4,6-11,13-14H2,1H3. The zero-order valence-corrected chi connectivity index (χ0v) is 14.2. The molecule has 2 fully saturated rings. The van der Waals surface area contributed by atoms with Gasteiger partial charge >= 0.3 is 0 Å². The second-order valence-electron chi connectivity index (χ2n) is 7.09. The molecule has 0 radical (unpaired) electrons. The lowest BCUT2D eigenvalue weighted by molar-refractivity contribution is 0.0175. The van der Waals surface area contributed by atoms with Crippen LogP contribution in [0.1, 0.15) is 36.8 Å². The monoisotopic (exact) mass is 320 g/mol. The predicted molar refractivity (Wildman–Crippen MR) is 91.0 cm³/mol. The number of morpholine rings is 1. The highest BCUT2D eigenvalue weighted by Crippen LogP contribution is 2.25. The van der Waals surface area contributed by atoms with Crippen molar-refractivity contribution in [3.05, 3.63) is 35.1 Å². The van der Waals surface area contributed by atoms with E-state index in [1.807, 2.05) is 19.1 Å². The van der Waals surface area contributed by atoms with Crippen molar-refractivity contribution in [1.29, 1.82) is 0 Å². The van der Waals surface area contributed by atoms with Gasteiger partial charge in [0.2, 0.25) is 0 Å². The fourth-order valence-corrected chi connectivity index (χ4v) is 3.73. The van der Waals surface area contributed by atoms with E-state index in [2.05, 4.69) is 10.2 Å². The number of rotatable bonds is 5. The smallest absolute Gasteiger partial charge is 0.127 e. The third kappa shape index (κ3) is 5.00. The van der Waals surface area contributed by atoms with E-state index < -0.39 is 0 Å². The lowest BCUT2D eigenvalue weighted by Crippen LogP contribution is -2.39. The van der Waals surface area contributed by atoms with E-state index >= 15 is 0 Å². The summed E-state index contributed by atoms with van der Waals surface area (Å²) in [5.74, 6) is 0.735. The molecule has 2 aliphatic rings. The van der Waals surface area contributed by atoms with Crippen molar-refractivity contribution in [2.75, 3.05) is 32.8 Å². The molecule has 0 aromatic heterocycles. The molecule has 1 atom stereocenters. The molecule has 2 saturated heterocycles. The number of halogens is 1. The van der Waals surface area contributed by atoms with E-state index in [1.165, 1.54) is 25.7 Å². The first-order chi connectivity index (χ1) is 11.2. The summed E-state index contributed by atoms with van der Waals surface area (Å²) in [7, 11) is 0. The van der Waals surface area contributed by atoms with Crippen LogP contribution < -0.4 is 5.32 Å². The normalized spacial score (nSPS) is 24.0. The molecule has 1 aromatic carbocycles. The van der Waals surface area contributed by atoms with Gasteiger partial charge in [0.15, 0.2) is 0 Å². The molecular formula is C19H29FN2O. The second kappa shape index (κ2) is 8.22. The largest absolute Gasteiger partial charge is 0.376 e. The van der Waals surface area contributed by atoms with Crippen LogP contribution in [0.5, 0.6) is 0 Å². The Labute approximate surface area is 139 Å². The number of hydrogen-bond donors (Lipinski definition) is 1. The molecule has 0 aliphatic carbocycles. The van der Waals surface area contributed by atoms with E-state index in [1.54, 1.807) is 6.07 Å². The topological polar surface area (TPSA) is 24.5 Å². The molecule has 4 heteroatoms. The van der Waals surface area contributed by atoms with E-state index in [0.717, 1.165) is 56.4 Å². The number of nitrogens with one attached hydrogen (secondary N) is 1. The average Bonchev–Trinajstić information content (AvgIpc) is 2.58. The Bertz CT molecular complexity index is 494. The maximum Gasteiger partial charge on any atom is 0.127 e. The van der Waals surface area contributed by atoms with Crippen LogP contribution in [0.15, 0.2) is 18.2 Å². The molecule has 3 rings (SSSR count). The number of piperidine rings is 1. The Morgan fingerprint density at radius 1 is 1.26 bits per heavy atom. The first-order valence-corrected chi connectivity index (χ1v) is 9.00. The lowest BCUT2D eigenvalue weighted by Gasteiger charge is -2.33. The molecule has 1 unspecified atom stereocenters. The number of likely N-dealkylation sites (tertiary alicyclic amines) is 1. The number of hydrogen-bond acceptors (Lipinski definition) is 3. The summed E-state index contributed by atoms with van der Waals surface area (Å²) in [4.78, 5) is 2.40. The minimum absolute atomic E-state index is 0.0697. The molecule has 0 spiro atoms. The van der Waals surface area contributed by atoms with Crippen LogP contribution >= 0.6 is 0 Å². The highest BCUT2D eigenvalue weighted by atomic mass is 19.1. The number of aryl methyl sites for hydroxylation is 1. The summed E-state index contributed by atoms with van der Waals surface area (Å²) in [6, 6.07) is 5.41. The molecule has 1 aromatic rings. The first kappa shape index (κ1) is 16.9. The van der Waals surface area contributed by atoms with Crippen molar-refractivity contribution in [3.8, 4) is 0 Å². The summed E-state index contributed by atoms with van der Waals surface area (Å²) in [5.41, 5.74) is 1.97.